The average molecular weight is 330 g/mol. The van der Waals surface area contributed by atoms with Gasteiger partial charge < -0.3 is 10.6 Å². The van der Waals surface area contributed by atoms with E-state index in [1.54, 1.807) is 12.3 Å². The maximum Gasteiger partial charge on any atom is 0.248 e. The standard InChI is InChI=1S/C20H18N4O/c1-15-13-14-21-20(22-15)24-18-10-8-17(9-11-18)23-19(25)12-7-16-5-3-2-4-6-16/h2-14H,1H3,(H,23,25)(H,21,22,24). The Morgan fingerprint density at radius 3 is 2.40 bits per heavy atom. The van der Waals surface area contributed by atoms with E-state index < -0.39 is 0 Å². The number of carbonyl (C=O) groups is 1. The lowest BCUT2D eigenvalue weighted by molar-refractivity contribution is -0.111. The van der Waals surface area contributed by atoms with Gasteiger partial charge in [0, 0.05) is 29.3 Å². The third-order valence-corrected chi connectivity index (χ3v) is 3.43. The summed E-state index contributed by atoms with van der Waals surface area (Å²) < 4.78 is 0. The molecule has 1 heterocycles. The molecule has 0 radical (unpaired) electrons. The molecule has 5 nitrogen and oxygen atoms in total. The molecule has 124 valence electrons. The van der Waals surface area contributed by atoms with Crippen molar-refractivity contribution in [1.29, 1.82) is 0 Å². The Labute approximate surface area is 146 Å². The molecule has 2 aromatic carbocycles. The summed E-state index contributed by atoms with van der Waals surface area (Å²) in [6.45, 7) is 1.91. The molecule has 0 unspecified atom stereocenters. The largest absolute Gasteiger partial charge is 0.324 e. The predicted molar refractivity (Wildman–Crippen MR) is 101 cm³/mol. The van der Waals surface area contributed by atoms with Gasteiger partial charge in [-0.25, -0.2) is 9.97 Å². The van der Waals surface area contributed by atoms with Crippen molar-refractivity contribution >= 4 is 29.3 Å². The van der Waals surface area contributed by atoms with Gasteiger partial charge in [0.05, 0.1) is 0 Å². The Morgan fingerprint density at radius 1 is 0.960 bits per heavy atom. The second-order valence-electron chi connectivity index (χ2n) is 5.46. The molecule has 3 aromatic rings. The molecule has 0 bridgehead atoms. The normalized spacial score (nSPS) is 10.6. The lowest BCUT2D eigenvalue weighted by Crippen LogP contribution is -2.07. The number of hydrogen-bond donors (Lipinski definition) is 2. The monoisotopic (exact) mass is 330 g/mol. The first kappa shape index (κ1) is 16.4. The quantitative estimate of drug-likeness (QED) is 0.689. The Kier molecular flexibility index (Phi) is 5.16. The van der Waals surface area contributed by atoms with Crippen molar-refractivity contribution in [2.24, 2.45) is 0 Å². The van der Waals surface area contributed by atoms with Crippen LogP contribution in [0.3, 0.4) is 0 Å². The highest BCUT2D eigenvalue weighted by molar-refractivity contribution is 6.02. The van der Waals surface area contributed by atoms with Crippen LogP contribution in [0.25, 0.3) is 6.08 Å². The molecule has 0 aliphatic rings. The zero-order valence-corrected chi connectivity index (χ0v) is 13.8. The molecule has 1 amide bonds. The number of nitrogens with one attached hydrogen (secondary N) is 2. The van der Waals surface area contributed by atoms with Crippen LogP contribution in [0.2, 0.25) is 0 Å². The fraction of sp³-hybridized carbons (Fsp3) is 0.0500. The molecule has 0 atom stereocenters. The minimum atomic E-state index is -0.174. The summed E-state index contributed by atoms with van der Waals surface area (Å²) in [5.74, 6) is 0.370. The SMILES string of the molecule is Cc1ccnc(Nc2ccc(NC(=O)C=Cc3ccccc3)cc2)n1. The van der Waals surface area contributed by atoms with Crippen LogP contribution in [0.15, 0.2) is 72.9 Å². The number of rotatable bonds is 5. The summed E-state index contributed by atoms with van der Waals surface area (Å²) in [6, 6.07) is 18.9. The third-order valence-electron chi connectivity index (χ3n) is 3.43. The van der Waals surface area contributed by atoms with Gasteiger partial charge in [-0.05, 0) is 48.9 Å². The molecule has 2 N–H and O–H groups in total. The van der Waals surface area contributed by atoms with Gasteiger partial charge in [0.25, 0.3) is 0 Å². The number of aromatic nitrogens is 2. The van der Waals surface area contributed by atoms with Crippen molar-refractivity contribution in [2.75, 3.05) is 10.6 Å². The Hall–Kier alpha value is -3.47. The van der Waals surface area contributed by atoms with Gasteiger partial charge in [-0.3, -0.25) is 4.79 Å². The zero-order valence-electron chi connectivity index (χ0n) is 13.8. The number of nitrogens with zero attached hydrogens (tertiary/aromatic N) is 2. The molecule has 0 fully saturated rings. The van der Waals surface area contributed by atoms with Crippen molar-refractivity contribution < 1.29 is 4.79 Å². The van der Waals surface area contributed by atoms with E-state index in [1.807, 2.05) is 67.6 Å². The molecule has 1 aromatic heterocycles. The maximum atomic E-state index is 12.0. The molecule has 0 spiro atoms. The predicted octanol–water partition coefficient (Wildman–Crippen LogP) is 4.18. The summed E-state index contributed by atoms with van der Waals surface area (Å²) in [7, 11) is 0. The van der Waals surface area contributed by atoms with E-state index in [9.17, 15) is 4.79 Å². The third kappa shape index (κ3) is 5.00. The number of hydrogen-bond acceptors (Lipinski definition) is 4. The highest BCUT2D eigenvalue weighted by Gasteiger charge is 2.00. The van der Waals surface area contributed by atoms with Gasteiger partial charge in [0.1, 0.15) is 0 Å². The Bertz CT molecular complexity index is 874. The zero-order chi connectivity index (χ0) is 17.5. The van der Waals surface area contributed by atoms with Crippen molar-refractivity contribution in [3.05, 3.63) is 84.2 Å². The van der Waals surface area contributed by atoms with Gasteiger partial charge in [-0.15, -0.1) is 0 Å². The van der Waals surface area contributed by atoms with Crippen LogP contribution in [0.1, 0.15) is 11.3 Å². The fourth-order valence-corrected chi connectivity index (χ4v) is 2.20. The van der Waals surface area contributed by atoms with Crippen LogP contribution in [0.4, 0.5) is 17.3 Å². The van der Waals surface area contributed by atoms with Crippen LogP contribution in [-0.4, -0.2) is 15.9 Å². The first-order chi connectivity index (χ1) is 12.2. The molecule has 0 aliphatic heterocycles. The molecular weight excluding hydrogens is 312 g/mol. The van der Waals surface area contributed by atoms with Gasteiger partial charge in [0.15, 0.2) is 0 Å². The second kappa shape index (κ2) is 7.88. The lowest BCUT2D eigenvalue weighted by Gasteiger charge is -2.07. The van der Waals surface area contributed by atoms with Crippen LogP contribution in [0, 0.1) is 6.92 Å². The summed E-state index contributed by atoms with van der Waals surface area (Å²) >= 11 is 0. The summed E-state index contributed by atoms with van der Waals surface area (Å²) in [5, 5.41) is 5.95. The van der Waals surface area contributed by atoms with Crippen LogP contribution < -0.4 is 10.6 Å². The number of anilines is 3. The van der Waals surface area contributed by atoms with Gasteiger partial charge in [-0.1, -0.05) is 30.3 Å². The van der Waals surface area contributed by atoms with Crippen molar-refractivity contribution in [3.8, 4) is 0 Å². The molecular formula is C20H18N4O. The second-order valence-corrected chi connectivity index (χ2v) is 5.46. The van der Waals surface area contributed by atoms with Crippen LogP contribution in [0.5, 0.6) is 0 Å². The van der Waals surface area contributed by atoms with E-state index in [4.69, 9.17) is 0 Å². The van der Waals surface area contributed by atoms with E-state index in [0.717, 1.165) is 22.6 Å². The highest BCUT2D eigenvalue weighted by Crippen LogP contribution is 2.16. The Balaban J connectivity index is 1.59. The van der Waals surface area contributed by atoms with Crippen molar-refractivity contribution in [3.63, 3.8) is 0 Å². The van der Waals surface area contributed by atoms with Crippen LogP contribution in [-0.2, 0) is 4.79 Å². The first-order valence-electron chi connectivity index (χ1n) is 7.90. The van der Waals surface area contributed by atoms with Gasteiger partial charge in [-0.2, -0.15) is 0 Å². The van der Waals surface area contributed by atoms with Crippen LogP contribution >= 0.6 is 0 Å². The minimum absolute atomic E-state index is 0.174. The van der Waals surface area contributed by atoms with Gasteiger partial charge in [0.2, 0.25) is 11.9 Å². The molecule has 0 saturated heterocycles. The number of benzene rings is 2. The molecule has 5 heteroatoms. The maximum absolute atomic E-state index is 12.0. The highest BCUT2D eigenvalue weighted by atomic mass is 16.1. The fourth-order valence-electron chi connectivity index (χ4n) is 2.20. The number of amides is 1. The number of carbonyl (C=O) groups excluding carboxylic acids is 1. The first-order valence-corrected chi connectivity index (χ1v) is 7.90. The minimum Gasteiger partial charge on any atom is -0.324 e. The van der Waals surface area contributed by atoms with E-state index in [1.165, 1.54) is 6.08 Å². The molecule has 0 saturated carbocycles. The molecule has 25 heavy (non-hydrogen) atoms. The summed E-state index contributed by atoms with van der Waals surface area (Å²) in [4.78, 5) is 20.4. The average Bonchev–Trinajstić information content (AvgIpc) is 2.63. The van der Waals surface area contributed by atoms with E-state index in [-0.39, 0.29) is 5.91 Å². The molecule has 0 aliphatic carbocycles. The number of aryl methyl sites for hydroxylation is 1. The molecule has 3 rings (SSSR count). The summed E-state index contributed by atoms with van der Waals surface area (Å²) in [5.41, 5.74) is 3.45. The van der Waals surface area contributed by atoms with Gasteiger partial charge >= 0.3 is 0 Å². The Morgan fingerprint density at radius 2 is 1.68 bits per heavy atom. The topological polar surface area (TPSA) is 66.9 Å². The smallest absolute Gasteiger partial charge is 0.248 e. The van der Waals surface area contributed by atoms with Crippen molar-refractivity contribution in [2.45, 2.75) is 6.92 Å². The van der Waals surface area contributed by atoms with E-state index in [2.05, 4.69) is 20.6 Å². The lowest BCUT2D eigenvalue weighted by atomic mass is 10.2. The van der Waals surface area contributed by atoms with E-state index in [0.29, 0.717) is 5.95 Å². The van der Waals surface area contributed by atoms with E-state index >= 15 is 0 Å². The van der Waals surface area contributed by atoms with Crippen molar-refractivity contribution in [1.82, 2.24) is 9.97 Å². The summed E-state index contributed by atoms with van der Waals surface area (Å²) in [6.07, 6.45) is 5.00.